The van der Waals surface area contributed by atoms with Gasteiger partial charge in [0.1, 0.15) is 5.75 Å². The fourth-order valence-corrected chi connectivity index (χ4v) is 1.91. The second-order valence-corrected chi connectivity index (χ2v) is 4.71. The highest BCUT2D eigenvalue weighted by molar-refractivity contribution is 7.80. The van der Waals surface area contributed by atoms with Crippen LogP contribution in [0.5, 0.6) is 5.75 Å². The Bertz CT molecular complexity index is 442. The molecule has 0 saturated carbocycles. The van der Waals surface area contributed by atoms with Crippen molar-refractivity contribution >= 4 is 23.5 Å². The Balaban J connectivity index is 1.69. The van der Waals surface area contributed by atoms with Crippen molar-refractivity contribution in [1.29, 1.82) is 0 Å². The topological polar surface area (TPSA) is 65.9 Å². The van der Waals surface area contributed by atoms with Crippen LogP contribution in [0.3, 0.4) is 0 Å². The van der Waals surface area contributed by atoms with Crippen molar-refractivity contribution in [2.45, 2.75) is 18.9 Å². The fraction of sp³-hybridized carbons (Fsp3) is 0.385. The molecular formula is C13H17N3O2S. The first kappa shape index (κ1) is 13.8. The Hall–Kier alpha value is -1.66. The molecule has 0 bridgehead atoms. The highest BCUT2D eigenvalue weighted by atomic mass is 32.1. The molecule has 1 heterocycles. The van der Waals surface area contributed by atoms with Gasteiger partial charge in [0.2, 0.25) is 0 Å². The molecule has 1 atom stereocenters. The first-order valence-electron chi connectivity index (χ1n) is 6.21. The largest absolute Gasteiger partial charge is 0.508 e. The van der Waals surface area contributed by atoms with Gasteiger partial charge in [0.15, 0.2) is 5.11 Å². The zero-order valence-electron chi connectivity index (χ0n) is 10.5. The van der Waals surface area contributed by atoms with Gasteiger partial charge in [-0.15, -0.1) is 0 Å². The molecule has 1 saturated heterocycles. The van der Waals surface area contributed by atoms with Crippen LogP contribution in [-0.2, 0) is 4.74 Å². The van der Waals surface area contributed by atoms with Crippen LogP contribution in [0, 0.1) is 0 Å². The van der Waals surface area contributed by atoms with Crippen molar-refractivity contribution in [3.8, 4) is 5.75 Å². The van der Waals surface area contributed by atoms with Gasteiger partial charge >= 0.3 is 0 Å². The van der Waals surface area contributed by atoms with Gasteiger partial charge in [0.25, 0.3) is 0 Å². The SMILES string of the molecule is Oc1ccc(/C=N/NC(=S)NCC2CCCO2)cc1. The van der Waals surface area contributed by atoms with Gasteiger partial charge in [-0.2, -0.15) is 5.10 Å². The van der Waals surface area contributed by atoms with Crippen LogP contribution in [-0.4, -0.2) is 35.7 Å². The lowest BCUT2D eigenvalue weighted by atomic mass is 10.2. The molecule has 1 aliphatic heterocycles. The molecule has 19 heavy (non-hydrogen) atoms. The first-order valence-corrected chi connectivity index (χ1v) is 6.62. The molecule has 2 rings (SSSR count). The number of phenols is 1. The smallest absolute Gasteiger partial charge is 0.187 e. The number of aromatic hydroxyl groups is 1. The van der Waals surface area contributed by atoms with Gasteiger partial charge in [-0.05, 0) is 54.9 Å². The lowest BCUT2D eigenvalue weighted by Gasteiger charge is -2.11. The van der Waals surface area contributed by atoms with E-state index in [0.717, 1.165) is 25.0 Å². The number of hydrogen-bond acceptors (Lipinski definition) is 4. The van der Waals surface area contributed by atoms with E-state index in [1.165, 1.54) is 0 Å². The summed E-state index contributed by atoms with van der Waals surface area (Å²) >= 11 is 5.09. The minimum absolute atomic E-state index is 0.235. The van der Waals surface area contributed by atoms with E-state index in [0.29, 0.717) is 11.7 Å². The minimum Gasteiger partial charge on any atom is -0.508 e. The lowest BCUT2D eigenvalue weighted by Crippen LogP contribution is -2.37. The number of phenolic OH excluding ortho intramolecular Hbond substituents is 1. The highest BCUT2D eigenvalue weighted by Gasteiger charge is 2.14. The molecule has 102 valence electrons. The quantitative estimate of drug-likeness (QED) is 0.441. The molecule has 1 aromatic carbocycles. The summed E-state index contributed by atoms with van der Waals surface area (Å²) in [5.41, 5.74) is 3.62. The van der Waals surface area contributed by atoms with Crippen molar-refractivity contribution in [3.05, 3.63) is 29.8 Å². The molecule has 6 heteroatoms. The van der Waals surface area contributed by atoms with E-state index in [4.69, 9.17) is 22.1 Å². The molecule has 0 aliphatic carbocycles. The number of thiocarbonyl (C=S) groups is 1. The summed E-state index contributed by atoms with van der Waals surface area (Å²) in [5.74, 6) is 0.235. The number of nitrogens with one attached hydrogen (secondary N) is 2. The predicted molar refractivity (Wildman–Crippen MR) is 78.4 cm³/mol. The summed E-state index contributed by atoms with van der Waals surface area (Å²) in [6.07, 6.45) is 4.08. The molecule has 3 N–H and O–H groups in total. The summed E-state index contributed by atoms with van der Waals surface area (Å²) in [6.45, 7) is 1.55. The van der Waals surface area contributed by atoms with E-state index >= 15 is 0 Å². The third-order valence-corrected chi connectivity index (χ3v) is 3.02. The standard InChI is InChI=1S/C13H17N3O2S/c17-11-5-3-10(4-6-11)8-15-16-13(19)14-9-12-2-1-7-18-12/h3-6,8,12,17H,1-2,7,9H2,(H2,14,16,19)/b15-8+. The monoisotopic (exact) mass is 279 g/mol. The van der Waals surface area contributed by atoms with Crippen molar-refractivity contribution in [2.24, 2.45) is 5.10 Å². The van der Waals surface area contributed by atoms with Crippen molar-refractivity contribution in [1.82, 2.24) is 10.7 Å². The normalized spacial score (nSPS) is 18.6. The minimum atomic E-state index is 0.235. The third-order valence-electron chi connectivity index (χ3n) is 2.79. The number of hydrazone groups is 1. The highest BCUT2D eigenvalue weighted by Crippen LogP contribution is 2.10. The Morgan fingerprint density at radius 1 is 1.47 bits per heavy atom. The van der Waals surface area contributed by atoms with Crippen LogP contribution in [0.2, 0.25) is 0 Å². The van der Waals surface area contributed by atoms with Gasteiger partial charge in [-0.25, -0.2) is 0 Å². The molecule has 0 spiro atoms. The van der Waals surface area contributed by atoms with Gasteiger partial charge in [0, 0.05) is 13.2 Å². The van der Waals surface area contributed by atoms with Crippen LogP contribution < -0.4 is 10.7 Å². The van der Waals surface area contributed by atoms with Crippen molar-refractivity contribution in [2.75, 3.05) is 13.2 Å². The van der Waals surface area contributed by atoms with Crippen LogP contribution in [0.25, 0.3) is 0 Å². The molecule has 1 aliphatic rings. The molecule has 1 unspecified atom stereocenters. The number of benzene rings is 1. The summed E-state index contributed by atoms with van der Waals surface area (Å²) in [7, 11) is 0. The maximum atomic E-state index is 9.14. The Morgan fingerprint density at radius 3 is 2.95 bits per heavy atom. The first-order chi connectivity index (χ1) is 9.24. The second kappa shape index (κ2) is 7.06. The molecule has 0 aromatic heterocycles. The summed E-state index contributed by atoms with van der Waals surface area (Å²) in [6, 6.07) is 6.75. The van der Waals surface area contributed by atoms with Crippen LogP contribution in [0.15, 0.2) is 29.4 Å². The Morgan fingerprint density at radius 2 is 2.26 bits per heavy atom. The molecule has 0 radical (unpaired) electrons. The zero-order valence-corrected chi connectivity index (χ0v) is 11.3. The average molecular weight is 279 g/mol. The molecular weight excluding hydrogens is 262 g/mol. The summed E-state index contributed by atoms with van der Waals surface area (Å²) < 4.78 is 5.48. The molecule has 0 amide bonds. The van der Waals surface area contributed by atoms with E-state index in [1.54, 1.807) is 30.5 Å². The Kier molecular flexibility index (Phi) is 5.11. The van der Waals surface area contributed by atoms with E-state index in [1.807, 2.05) is 0 Å². The van der Waals surface area contributed by atoms with Crippen LogP contribution in [0.1, 0.15) is 18.4 Å². The van der Waals surface area contributed by atoms with Crippen molar-refractivity contribution < 1.29 is 9.84 Å². The van der Waals surface area contributed by atoms with E-state index in [2.05, 4.69) is 15.8 Å². The van der Waals surface area contributed by atoms with E-state index in [-0.39, 0.29) is 11.9 Å². The number of hydrogen-bond donors (Lipinski definition) is 3. The summed E-state index contributed by atoms with van der Waals surface area (Å²) in [4.78, 5) is 0. The van der Waals surface area contributed by atoms with Crippen LogP contribution in [0.4, 0.5) is 0 Å². The molecule has 5 nitrogen and oxygen atoms in total. The van der Waals surface area contributed by atoms with E-state index < -0.39 is 0 Å². The van der Waals surface area contributed by atoms with E-state index in [9.17, 15) is 0 Å². The maximum Gasteiger partial charge on any atom is 0.187 e. The van der Waals surface area contributed by atoms with Gasteiger partial charge in [-0.3, -0.25) is 5.43 Å². The fourth-order valence-electron chi connectivity index (χ4n) is 1.78. The molecule has 1 fully saturated rings. The average Bonchev–Trinajstić information content (AvgIpc) is 2.92. The number of ether oxygens (including phenoxy) is 1. The van der Waals surface area contributed by atoms with Gasteiger partial charge in [0.05, 0.1) is 12.3 Å². The third kappa shape index (κ3) is 4.84. The van der Waals surface area contributed by atoms with Gasteiger partial charge < -0.3 is 15.2 Å². The second-order valence-electron chi connectivity index (χ2n) is 4.31. The predicted octanol–water partition coefficient (Wildman–Crippen LogP) is 1.37. The molecule has 1 aromatic rings. The van der Waals surface area contributed by atoms with Crippen molar-refractivity contribution in [3.63, 3.8) is 0 Å². The lowest BCUT2D eigenvalue weighted by molar-refractivity contribution is 0.114. The van der Waals surface area contributed by atoms with Gasteiger partial charge in [-0.1, -0.05) is 0 Å². The number of nitrogens with zero attached hydrogens (tertiary/aromatic N) is 1. The number of rotatable bonds is 4. The summed E-state index contributed by atoms with van der Waals surface area (Å²) in [5, 5.41) is 16.7. The Labute approximate surface area is 117 Å². The maximum absolute atomic E-state index is 9.14. The zero-order chi connectivity index (χ0) is 13.5. The van der Waals surface area contributed by atoms with Crippen LogP contribution >= 0.6 is 12.2 Å².